The molecule has 1 atom stereocenters. The van der Waals surface area contributed by atoms with E-state index >= 15 is 0 Å². The van der Waals surface area contributed by atoms with E-state index in [0.29, 0.717) is 36.8 Å². The predicted molar refractivity (Wildman–Crippen MR) is 128 cm³/mol. The third-order valence-corrected chi connectivity index (χ3v) is 6.77. The summed E-state index contributed by atoms with van der Waals surface area (Å²) in [5, 5.41) is 19.8. The Kier molecular flexibility index (Phi) is 7.62. The van der Waals surface area contributed by atoms with E-state index in [2.05, 4.69) is 15.7 Å². The summed E-state index contributed by atoms with van der Waals surface area (Å²) in [6.45, 7) is 5.49. The Morgan fingerprint density at radius 3 is 2.65 bits per heavy atom. The van der Waals surface area contributed by atoms with Crippen molar-refractivity contribution in [3.63, 3.8) is 0 Å². The minimum absolute atomic E-state index is 0.0130. The summed E-state index contributed by atoms with van der Waals surface area (Å²) < 4.78 is 1.66. The van der Waals surface area contributed by atoms with Crippen LogP contribution >= 0.6 is 0 Å². The van der Waals surface area contributed by atoms with Gasteiger partial charge in [0.15, 0.2) is 5.69 Å². The summed E-state index contributed by atoms with van der Waals surface area (Å²) in [4.78, 5) is 39.9. The second-order valence-corrected chi connectivity index (χ2v) is 9.24. The molecule has 0 unspecified atom stereocenters. The number of carboxylic acid groups (broad SMARTS) is 1. The maximum Gasteiger partial charge on any atom is 0.308 e. The van der Waals surface area contributed by atoms with Crippen molar-refractivity contribution in [3.05, 3.63) is 41.7 Å². The van der Waals surface area contributed by atoms with Gasteiger partial charge < -0.3 is 20.6 Å². The molecule has 2 aliphatic rings. The number of aliphatic carboxylic acids is 1. The highest BCUT2D eigenvalue weighted by Gasteiger charge is 2.33. The van der Waals surface area contributed by atoms with Crippen molar-refractivity contribution >= 4 is 17.8 Å². The van der Waals surface area contributed by atoms with E-state index in [1.807, 2.05) is 35.2 Å². The van der Waals surface area contributed by atoms with Crippen LogP contribution in [0.3, 0.4) is 0 Å². The van der Waals surface area contributed by atoms with Gasteiger partial charge in [0.2, 0.25) is 0 Å². The molecule has 2 aromatic rings. The average Bonchev–Trinajstić information content (AvgIpc) is 3.17. The van der Waals surface area contributed by atoms with E-state index in [1.165, 1.54) is 6.92 Å². The summed E-state index contributed by atoms with van der Waals surface area (Å²) in [6.07, 6.45) is 4.00. The summed E-state index contributed by atoms with van der Waals surface area (Å²) in [7, 11) is 0. The van der Waals surface area contributed by atoms with E-state index in [9.17, 15) is 14.4 Å². The van der Waals surface area contributed by atoms with Gasteiger partial charge in [0.05, 0.1) is 5.92 Å². The number of fused-ring (bicyclic) bond motifs is 1. The maximum atomic E-state index is 13.7. The van der Waals surface area contributed by atoms with Crippen LogP contribution in [0.1, 0.15) is 53.6 Å². The number of amides is 2. The predicted octanol–water partition coefficient (Wildman–Crippen LogP) is 2.24. The van der Waals surface area contributed by atoms with Crippen molar-refractivity contribution in [2.45, 2.75) is 39.2 Å². The second-order valence-electron chi connectivity index (χ2n) is 9.24. The highest BCUT2D eigenvalue weighted by atomic mass is 16.4. The van der Waals surface area contributed by atoms with E-state index < -0.39 is 17.8 Å². The Bertz CT molecular complexity index is 1030. The highest BCUT2D eigenvalue weighted by Crippen LogP contribution is 2.31. The van der Waals surface area contributed by atoms with E-state index in [4.69, 9.17) is 5.11 Å². The van der Waals surface area contributed by atoms with Gasteiger partial charge in [-0.1, -0.05) is 37.3 Å². The monoisotopic (exact) mass is 467 g/mol. The molecule has 0 radical (unpaired) electrons. The molecule has 0 aliphatic carbocycles. The van der Waals surface area contributed by atoms with Gasteiger partial charge in [0.1, 0.15) is 5.69 Å². The smallest absolute Gasteiger partial charge is 0.308 e. The first-order valence-electron chi connectivity index (χ1n) is 12.1. The zero-order chi connectivity index (χ0) is 24.1. The maximum absolute atomic E-state index is 13.7. The van der Waals surface area contributed by atoms with Gasteiger partial charge in [-0.2, -0.15) is 5.10 Å². The molecule has 1 aromatic carbocycles. The van der Waals surface area contributed by atoms with Crippen LogP contribution in [0.4, 0.5) is 0 Å². The lowest BCUT2D eigenvalue weighted by atomic mass is 9.94. The number of nitrogens with zero attached hydrogens (tertiary/aromatic N) is 3. The lowest BCUT2D eigenvalue weighted by Crippen LogP contribution is -2.35. The van der Waals surface area contributed by atoms with Crippen LogP contribution in [-0.4, -0.2) is 70.3 Å². The minimum Gasteiger partial charge on any atom is -0.481 e. The third kappa shape index (κ3) is 5.30. The molecule has 1 saturated heterocycles. The fourth-order valence-electron chi connectivity index (χ4n) is 4.68. The van der Waals surface area contributed by atoms with Gasteiger partial charge in [0, 0.05) is 31.7 Å². The fraction of sp³-hybridized carbons (Fsp3) is 0.520. The van der Waals surface area contributed by atoms with Gasteiger partial charge in [-0.05, 0) is 50.3 Å². The Morgan fingerprint density at radius 1 is 1.21 bits per heavy atom. The van der Waals surface area contributed by atoms with Crippen LogP contribution in [0, 0.1) is 11.8 Å². The normalized spacial score (nSPS) is 17.7. The van der Waals surface area contributed by atoms with Crippen molar-refractivity contribution in [2.24, 2.45) is 11.8 Å². The number of hydrogen-bond donors (Lipinski definition) is 3. The van der Waals surface area contributed by atoms with Crippen LogP contribution in [0.2, 0.25) is 0 Å². The van der Waals surface area contributed by atoms with Crippen molar-refractivity contribution < 1.29 is 19.5 Å². The van der Waals surface area contributed by atoms with Crippen LogP contribution in [0.25, 0.3) is 11.1 Å². The molecule has 9 heteroatoms. The number of piperidine rings is 1. The number of nitrogens with one attached hydrogen (secondary N) is 2. The molecule has 1 aromatic heterocycles. The first kappa shape index (κ1) is 23.9. The molecule has 182 valence electrons. The number of rotatable bonds is 8. The zero-order valence-electron chi connectivity index (χ0n) is 19.6. The Balaban J connectivity index is 1.63. The Labute approximate surface area is 199 Å². The quantitative estimate of drug-likeness (QED) is 0.548. The molecule has 1 fully saturated rings. The van der Waals surface area contributed by atoms with Crippen molar-refractivity contribution in [2.75, 3.05) is 32.7 Å². The number of carboxylic acids is 1. The van der Waals surface area contributed by atoms with Gasteiger partial charge in [-0.15, -0.1) is 0 Å². The van der Waals surface area contributed by atoms with Crippen molar-refractivity contribution in [1.29, 1.82) is 0 Å². The topological polar surface area (TPSA) is 117 Å². The van der Waals surface area contributed by atoms with Crippen molar-refractivity contribution in [1.82, 2.24) is 25.3 Å². The lowest BCUT2D eigenvalue weighted by Gasteiger charge is -2.26. The van der Waals surface area contributed by atoms with Crippen LogP contribution in [0.15, 0.2) is 30.3 Å². The summed E-state index contributed by atoms with van der Waals surface area (Å²) >= 11 is 0. The van der Waals surface area contributed by atoms with Gasteiger partial charge in [0.25, 0.3) is 11.8 Å². The van der Waals surface area contributed by atoms with E-state index in [1.54, 1.807) is 4.68 Å². The number of carbonyl (C=O) groups excluding carboxylic acids is 2. The Hall–Kier alpha value is -3.20. The number of hydrogen-bond acceptors (Lipinski definition) is 5. The van der Waals surface area contributed by atoms with Gasteiger partial charge in [-0.25, -0.2) is 0 Å². The molecule has 3 heterocycles. The van der Waals surface area contributed by atoms with Crippen LogP contribution in [0.5, 0.6) is 0 Å². The van der Waals surface area contributed by atoms with Crippen molar-refractivity contribution in [3.8, 4) is 11.1 Å². The second kappa shape index (κ2) is 10.8. The highest BCUT2D eigenvalue weighted by molar-refractivity contribution is 6.07. The first-order chi connectivity index (χ1) is 16.5. The molecule has 0 spiro atoms. The number of aromatic nitrogens is 2. The summed E-state index contributed by atoms with van der Waals surface area (Å²) in [5.41, 5.74) is 1.85. The number of aryl methyl sites for hydroxylation is 1. The zero-order valence-corrected chi connectivity index (χ0v) is 19.6. The molecule has 3 N–H and O–H groups in total. The molecule has 0 saturated carbocycles. The van der Waals surface area contributed by atoms with Crippen LogP contribution in [-0.2, 0) is 11.3 Å². The molecule has 34 heavy (non-hydrogen) atoms. The SMILES string of the molecule is C[C@@H](CNC(=O)c1nn2c(c1-c1ccccc1)C(=O)N(CCC1CCNCC1)CCC2)C(=O)O. The largest absolute Gasteiger partial charge is 0.481 e. The van der Waals surface area contributed by atoms with E-state index in [0.717, 1.165) is 44.3 Å². The number of benzene rings is 1. The Morgan fingerprint density at radius 2 is 1.94 bits per heavy atom. The third-order valence-electron chi connectivity index (χ3n) is 6.77. The van der Waals surface area contributed by atoms with Gasteiger partial charge in [-0.3, -0.25) is 19.1 Å². The molecule has 0 bridgehead atoms. The summed E-state index contributed by atoms with van der Waals surface area (Å²) in [5.74, 6) is -1.66. The van der Waals surface area contributed by atoms with E-state index in [-0.39, 0.29) is 18.1 Å². The number of carbonyl (C=O) groups is 3. The standard InChI is InChI=1S/C25H33N5O4/c1-17(25(33)34)16-27-23(31)21-20(19-6-3-2-4-7-19)22-24(32)29(13-5-14-30(22)28-21)15-10-18-8-11-26-12-9-18/h2-4,6-7,17-18,26H,5,8-16H2,1H3,(H,27,31)(H,33,34)/t17-/m0/s1. The molecule has 4 rings (SSSR count). The average molecular weight is 468 g/mol. The summed E-state index contributed by atoms with van der Waals surface area (Å²) in [6, 6.07) is 9.35. The molecular weight excluding hydrogens is 434 g/mol. The first-order valence-corrected chi connectivity index (χ1v) is 12.1. The lowest BCUT2D eigenvalue weighted by molar-refractivity contribution is -0.140. The molecule has 9 nitrogen and oxygen atoms in total. The molecule has 2 amide bonds. The molecule has 2 aliphatic heterocycles. The fourth-order valence-corrected chi connectivity index (χ4v) is 4.68. The van der Waals surface area contributed by atoms with Gasteiger partial charge >= 0.3 is 5.97 Å². The minimum atomic E-state index is -0.983. The molecular formula is C25H33N5O4. The van der Waals surface area contributed by atoms with Crippen LogP contribution < -0.4 is 10.6 Å².